The lowest BCUT2D eigenvalue weighted by Gasteiger charge is -2.25. The summed E-state index contributed by atoms with van der Waals surface area (Å²) in [7, 11) is 2.95. The third kappa shape index (κ3) is 13.5. The molecule has 19 heteroatoms. The van der Waals surface area contributed by atoms with E-state index in [1.807, 2.05) is 45.9 Å². The number of aliphatic hydroxyl groups is 2. The van der Waals surface area contributed by atoms with Crippen LogP contribution in [-0.2, 0) is 54.0 Å². The molecule has 0 aliphatic carbocycles. The smallest absolute Gasteiger partial charge is 0.342 e. The zero-order valence-corrected chi connectivity index (χ0v) is 44.1. The number of esters is 3. The molecule has 0 amide bonds. The molecular weight excluding hydrogens is 977 g/mol. The van der Waals surface area contributed by atoms with Crippen LogP contribution in [0.15, 0.2) is 69.6 Å². The van der Waals surface area contributed by atoms with Crippen molar-refractivity contribution in [1.29, 1.82) is 0 Å². The van der Waals surface area contributed by atoms with Gasteiger partial charge in [0.15, 0.2) is 37.2 Å². The Morgan fingerprint density at radius 2 is 1.19 bits per heavy atom. The molecular formula is C56H68O19. The number of aldehydes is 1. The fourth-order valence-electron chi connectivity index (χ4n) is 9.18. The van der Waals surface area contributed by atoms with Gasteiger partial charge in [-0.1, -0.05) is 56.4 Å². The third-order valence-corrected chi connectivity index (χ3v) is 13.1. The van der Waals surface area contributed by atoms with Crippen LogP contribution < -0.4 is 9.47 Å². The second-order valence-corrected chi connectivity index (χ2v) is 19.7. The van der Waals surface area contributed by atoms with Crippen LogP contribution in [-0.4, -0.2) is 123 Å². The van der Waals surface area contributed by atoms with Crippen molar-refractivity contribution in [2.24, 2.45) is 11.8 Å². The van der Waals surface area contributed by atoms with Crippen LogP contribution in [0.2, 0.25) is 0 Å². The van der Waals surface area contributed by atoms with Crippen LogP contribution in [0.4, 0.5) is 0 Å². The summed E-state index contributed by atoms with van der Waals surface area (Å²) < 4.78 is 74.8. The summed E-state index contributed by atoms with van der Waals surface area (Å²) in [5.74, 6) is -2.94. The molecule has 2 unspecified atom stereocenters. The SMILES string of the molecule is COCOc1cc2oc(C=O)cc2c2c1C(=O)O[C@@H](C)[C@H](C)/C=C\C(O)[C@H]1OC(C)(C)O[C@H]1CC=C2.COCOc1cc2oc(CO)cc2c2c1C(=O)O[C@@H](C)[C@H](C)/C=C\C(OC(C)=O)[C@H]1OC(C)(C)O[C@H]1CC=C2. The largest absolute Gasteiger partial charge is 0.466 e. The molecule has 8 rings (SSSR count). The van der Waals surface area contributed by atoms with Gasteiger partial charge in [0.25, 0.3) is 0 Å². The van der Waals surface area contributed by atoms with Gasteiger partial charge in [0.05, 0.1) is 12.2 Å². The number of aliphatic hydroxyl groups excluding tert-OH is 2. The molecule has 406 valence electrons. The Hall–Kier alpha value is -6.16. The molecule has 4 aromatic rings. The van der Waals surface area contributed by atoms with E-state index in [4.69, 9.17) is 60.9 Å². The van der Waals surface area contributed by atoms with Gasteiger partial charge in [-0.15, -0.1) is 0 Å². The van der Waals surface area contributed by atoms with Crippen LogP contribution in [0.1, 0.15) is 123 Å². The first-order valence-electron chi connectivity index (χ1n) is 24.8. The molecule has 4 aliphatic heterocycles. The molecule has 75 heavy (non-hydrogen) atoms. The summed E-state index contributed by atoms with van der Waals surface area (Å²) in [5.41, 5.74) is 2.18. The van der Waals surface area contributed by atoms with Crippen molar-refractivity contribution in [2.45, 2.75) is 142 Å². The Kier molecular flexibility index (Phi) is 18.3. The highest BCUT2D eigenvalue weighted by Gasteiger charge is 2.46. The molecule has 10 atom stereocenters. The first-order chi connectivity index (χ1) is 35.7. The van der Waals surface area contributed by atoms with Crippen LogP contribution in [0.3, 0.4) is 0 Å². The van der Waals surface area contributed by atoms with E-state index in [2.05, 4.69) is 0 Å². The van der Waals surface area contributed by atoms with Gasteiger partial charge in [-0.2, -0.15) is 0 Å². The zero-order valence-electron chi connectivity index (χ0n) is 44.1. The molecule has 0 radical (unpaired) electrons. The Bertz CT molecular complexity index is 2810. The van der Waals surface area contributed by atoms with E-state index in [0.29, 0.717) is 58.0 Å². The molecule has 6 heterocycles. The summed E-state index contributed by atoms with van der Waals surface area (Å²) in [6.07, 6.45) is 10.9. The maximum Gasteiger partial charge on any atom is 0.342 e. The van der Waals surface area contributed by atoms with Gasteiger partial charge in [0.1, 0.15) is 82.8 Å². The van der Waals surface area contributed by atoms with Crippen molar-refractivity contribution in [3.8, 4) is 11.5 Å². The number of fused-ring (bicyclic) bond motifs is 8. The number of methoxy groups -OCH3 is 2. The molecule has 0 bridgehead atoms. The highest BCUT2D eigenvalue weighted by Crippen LogP contribution is 2.40. The van der Waals surface area contributed by atoms with E-state index >= 15 is 0 Å². The lowest BCUT2D eigenvalue weighted by atomic mass is 9.97. The molecule has 2 N–H and O–H groups in total. The summed E-state index contributed by atoms with van der Waals surface area (Å²) in [4.78, 5) is 50.5. The highest BCUT2D eigenvalue weighted by atomic mass is 16.8. The molecule has 19 nitrogen and oxygen atoms in total. The van der Waals surface area contributed by atoms with Crippen LogP contribution in [0.5, 0.6) is 11.5 Å². The average molecular weight is 1050 g/mol. The predicted molar refractivity (Wildman–Crippen MR) is 272 cm³/mol. The minimum atomic E-state index is -0.907. The van der Waals surface area contributed by atoms with Gasteiger partial charge in [-0.3, -0.25) is 9.59 Å². The second-order valence-electron chi connectivity index (χ2n) is 19.7. The van der Waals surface area contributed by atoms with Gasteiger partial charge in [0, 0.05) is 67.0 Å². The minimum Gasteiger partial charge on any atom is -0.466 e. The first kappa shape index (κ1) is 56.6. The van der Waals surface area contributed by atoms with Crippen LogP contribution >= 0.6 is 0 Å². The van der Waals surface area contributed by atoms with Crippen molar-refractivity contribution in [3.63, 3.8) is 0 Å². The molecule has 0 spiro atoms. The van der Waals surface area contributed by atoms with Gasteiger partial charge >= 0.3 is 17.9 Å². The number of carbonyl (C=O) groups is 4. The van der Waals surface area contributed by atoms with Gasteiger partial charge in [-0.05, 0) is 72.6 Å². The Labute approximate surface area is 435 Å². The number of hydrogen-bond donors (Lipinski definition) is 2. The monoisotopic (exact) mass is 1040 g/mol. The third-order valence-electron chi connectivity index (χ3n) is 13.1. The molecule has 0 saturated carbocycles. The topological polar surface area (TPSA) is 237 Å². The van der Waals surface area contributed by atoms with E-state index in [1.165, 1.54) is 21.1 Å². The average Bonchev–Trinajstić information content (AvgIpc) is 4.13. The number of cyclic esters (lactones) is 2. The lowest BCUT2D eigenvalue weighted by Crippen LogP contribution is -2.37. The number of hydrogen-bond acceptors (Lipinski definition) is 19. The fourth-order valence-corrected chi connectivity index (χ4v) is 9.18. The molecule has 2 fully saturated rings. The second kappa shape index (κ2) is 24.2. The summed E-state index contributed by atoms with van der Waals surface area (Å²) in [5, 5.41) is 21.7. The summed E-state index contributed by atoms with van der Waals surface area (Å²) in [6, 6.07) is 6.40. The Balaban J connectivity index is 0.000000219. The molecule has 2 aromatic carbocycles. The van der Waals surface area contributed by atoms with E-state index in [1.54, 1.807) is 82.3 Å². The number of furan rings is 2. The van der Waals surface area contributed by atoms with Crippen molar-refractivity contribution >= 4 is 58.3 Å². The minimum absolute atomic E-state index is 0.0985. The van der Waals surface area contributed by atoms with E-state index < -0.39 is 78.3 Å². The first-order valence-corrected chi connectivity index (χ1v) is 24.8. The summed E-state index contributed by atoms with van der Waals surface area (Å²) >= 11 is 0. The van der Waals surface area contributed by atoms with E-state index in [-0.39, 0.29) is 60.4 Å². The van der Waals surface area contributed by atoms with Crippen molar-refractivity contribution in [1.82, 2.24) is 0 Å². The van der Waals surface area contributed by atoms with E-state index in [9.17, 15) is 29.4 Å². The Morgan fingerprint density at radius 1 is 0.693 bits per heavy atom. The number of carbonyl (C=O) groups excluding carboxylic acids is 4. The quantitative estimate of drug-likeness (QED) is 0.0524. The normalized spacial score (nSPS) is 28.4. The predicted octanol–water partition coefficient (Wildman–Crippen LogP) is 8.78. The fraction of sp³-hybridized carbons (Fsp3) is 0.500. The van der Waals surface area contributed by atoms with Gasteiger partial charge in [-0.25, -0.2) is 9.59 Å². The van der Waals surface area contributed by atoms with Crippen LogP contribution in [0.25, 0.3) is 34.1 Å². The number of ether oxygens (including phenoxy) is 11. The van der Waals surface area contributed by atoms with Crippen LogP contribution in [0, 0.1) is 11.8 Å². The van der Waals surface area contributed by atoms with Crippen molar-refractivity contribution < 1.29 is 90.3 Å². The van der Waals surface area contributed by atoms with E-state index in [0.717, 1.165) is 0 Å². The molecule has 2 aromatic heterocycles. The zero-order chi connectivity index (χ0) is 54.4. The van der Waals surface area contributed by atoms with Crippen molar-refractivity contribution in [3.05, 3.63) is 94.5 Å². The van der Waals surface area contributed by atoms with Gasteiger partial charge < -0.3 is 71.2 Å². The standard InChI is InChI=1S/C29H36O10.C27H32O9/c1-16-10-11-22(36-18(3)31)27-23(38-29(4,5)39-27)9-7-8-20-21-12-19(14-30)37-24(21)13-25(34-15-33-6)26(20)28(32)35-17(16)2;1-15-9-10-20(29)25-21(35-27(3,4)36-25)8-6-7-18-19-11-17(13-28)34-22(19)12-23(32-14-31-5)24(18)26(30)33-16(15)2/h7-8,10-13,16-17,22-23,27,30H,9,14-15H2,1-6H3;6-7,9-13,15-16,20-21,25,29H,8,14H2,1-5H3/b8-7?,11-10-;7-6?,10-9-/t16-,17+,22?,23+,27-;15-,16+,20?,21+,25-/m11/s1. The van der Waals surface area contributed by atoms with Crippen molar-refractivity contribution in [2.75, 3.05) is 27.8 Å². The van der Waals surface area contributed by atoms with Gasteiger partial charge in [0.2, 0.25) is 0 Å². The molecule has 4 aliphatic rings. The summed E-state index contributed by atoms with van der Waals surface area (Å²) in [6.45, 7) is 15.4. The Morgan fingerprint density at radius 3 is 1.69 bits per heavy atom. The maximum atomic E-state index is 13.6. The highest BCUT2D eigenvalue weighted by molar-refractivity contribution is 6.06. The molecule has 2 saturated heterocycles. The number of rotatable bonds is 9. The maximum absolute atomic E-state index is 13.6. The lowest BCUT2D eigenvalue weighted by molar-refractivity contribution is -0.165. The number of benzene rings is 2.